The number of carbonyl (C=O) groups is 1. The van der Waals surface area contributed by atoms with Gasteiger partial charge >= 0.3 is 0 Å². The molecule has 0 fully saturated rings. The Morgan fingerprint density at radius 2 is 1.94 bits per heavy atom. The lowest BCUT2D eigenvalue weighted by Crippen LogP contribution is -2.15. The molecule has 0 spiro atoms. The first kappa shape index (κ1) is 22.6. The summed E-state index contributed by atoms with van der Waals surface area (Å²) in [4.78, 5) is 12.6. The molecular weight excluding hydrogens is 436 g/mol. The lowest BCUT2D eigenvalue weighted by atomic mass is 10.1. The predicted octanol–water partition coefficient (Wildman–Crippen LogP) is 4.41. The van der Waals surface area contributed by atoms with E-state index >= 15 is 0 Å². The fraction of sp³-hybridized carbons (Fsp3) is 0.250. The van der Waals surface area contributed by atoms with E-state index in [9.17, 15) is 4.79 Å². The number of thioether (sulfide) groups is 1. The van der Waals surface area contributed by atoms with E-state index in [2.05, 4.69) is 20.6 Å². The number of carbonyl (C=O) groups excluding carboxylic acids is 1. The van der Waals surface area contributed by atoms with Gasteiger partial charge in [-0.2, -0.15) is 5.10 Å². The van der Waals surface area contributed by atoms with Gasteiger partial charge in [-0.05, 0) is 31.5 Å². The number of aromatic nitrogens is 5. The number of ether oxygens (including phenoxy) is 1. The van der Waals surface area contributed by atoms with Crippen LogP contribution in [0.15, 0.2) is 59.9 Å². The zero-order valence-corrected chi connectivity index (χ0v) is 19.9. The summed E-state index contributed by atoms with van der Waals surface area (Å²) >= 11 is 1.35. The predicted molar refractivity (Wildman–Crippen MR) is 130 cm³/mol. The van der Waals surface area contributed by atoms with Crippen LogP contribution in [0.2, 0.25) is 0 Å². The molecule has 9 heteroatoms. The van der Waals surface area contributed by atoms with Crippen molar-refractivity contribution in [3.8, 4) is 28.4 Å². The van der Waals surface area contributed by atoms with Crippen LogP contribution in [-0.4, -0.2) is 43.3 Å². The van der Waals surface area contributed by atoms with Gasteiger partial charge < -0.3 is 14.6 Å². The minimum atomic E-state index is -0.137. The van der Waals surface area contributed by atoms with Crippen LogP contribution in [0.1, 0.15) is 12.5 Å². The summed E-state index contributed by atoms with van der Waals surface area (Å²) in [7, 11) is 3.48. The fourth-order valence-electron chi connectivity index (χ4n) is 3.58. The summed E-state index contributed by atoms with van der Waals surface area (Å²) in [6.45, 7) is 4.67. The lowest BCUT2D eigenvalue weighted by Gasteiger charge is -2.11. The van der Waals surface area contributed by atoms with E-state index in [1.165, 1.54) is 11.8 Å². The average molecular weight is 463 g/mol. The van der Waals surface area contributed by atoms with Gasteiger partial charge in [0.05, 0.1) is 24.1 Å². The highest BCUT2D eigenvalue weighted by Gasteiger charge is 2.20. The number of aryl methyl sites for hydroxylation is 2. The summed E-state index contributed by atoms with van der Waals surface area (Å²) < 4.78 is 9.13. The van der Waals surface area contributed by atoms with Crippen molar-refractivity contribution < 1.29 is 9.53 Å². The second-order valence-corrected chi connectivity index (χ2v) is 8.46. The molecule has 8 nitrogen and oxygen atoms in total. The molecule has 33 heavy (non-hydrogen) atoms. The summed E-state index contributed by atoms with van der Waals surface area (Å²) in [6.07, 6.45) is 1.95. The van der Waals surface area contributed by atoms with Crippen molar-refractivity contribution in [1.82, 2.24) is 24.5 Å². The number of hydrogen-bond acceptors (Lipinski definition) is 6. The highest BCUT2D eigenvalue weighted by molar-refractivity contribution is 7.99. The normalized spacial score (nSPS) is 10.9. The summed E-state index contributed by atoms with van der Waals surface area (Å²) in [5.41, 5.74) is 4.46. The van der Waals surface area contributed by atoms with Crippen molar-refractivity contribution >= 4 is 23.4 Å². The lowest BCUT2D eigenvalue weighted by molar-refractivity contribution is -0.113. The molecule has 0 atom stereocenters. The molecule has 4 rings (SSSR count). The molecule has 0 radical (unpaired) electrons. The van der Waals surface area contributed by atoms with Crippen LogP contribution in [0.3, 0.4) is 0 Å². The van der Waals surface area contributed by atoms with Gasteiger partial charge in [0.2, 0.25) is 5.91 Å². The van der Waals surface area contributed by atoms with Gasteiger partial charge in [-0.3, -0.25) is 9.48 Å². The van der Waals surface area contributed by atoms with Crippen molar-refractivity contribution in [3.63, 3.8) is 0 Å². The maximum atomic E-state index is 12.6. The minimum Gasteiger partial charge on any atom is -0.495 e. The topological polar surface area (TPSA) is 86.9 Å². The maximum Gasteiger partial charge on any atom is 0.234 e. The molecule has 0 saturated heterocycles. The third kappa shape index (κ3) is 4.93. The Morgan fingerprint density at radius 1 is 1.15 bits per heavy atom. The van der Waals surface area contributed by atoms with E-state index in [1.807, 2.05) is 80.2 Å². The van der Waals surface area contributed by atoms with E-state index in [1.54, 1.807) is 11.8 Å². The van der Waals surface area contributed by atoms with Gasteiger partial charge in [0, 0.05) is 25.4 Å². The van der Waals surface area contributed by atoms with Crippen LogP contribution in [0.25, 0.3) is 22.6 Å². The molecule has 170 valence electrons. The monoisotopic (exact) mass is 462 g/mol. The van der Waals surface area contributed by atoms with Crippen molar-refractivity contribution in [2.75, 3.05) is 18.2 Å². The summed E-state index contributed by atoms with van der Waals surface area (Å²) in [5.74, 6) is 1.42. The Bertz CT molecular complexity index is 1270. The van der Waals surface area contributed by atoms with Crippen molar-refractivity contribution in [3.05, 3.63) is 60.3 Å². The van der Waals surface area contributed by atoms with E-state index in [4.69, 9.17) is 4.74 Å². The van der Waals surface area contributed by atoms with Gasteiger partial charge in [0.15, 0.2) is 11.0 Å². The van der Waals surface area contributed by atoms with Gasteiger partial charge in [-0.15, -0.1) is 10.2 Å². The van der Waals surface area contributed by atoms with Crippen LogP contribution in [0.5, 0.6) is 5.75 Å². The number of methoxy groups -OCH3 is 1. The molecule has 0 unspecified atom stereocenters. The van der Waals surface area contributed by atoms with E-state index < -0.39 is 0 Å². The molecule has 0 bridgehead atoms. The third-order valence-electron chi connectivity index (χ3n) is 5.11. The first-order chi connectivity index (χ1) is 16.0. The maximum absolute atomic E-state index is 12.6. The van der Waals surface area contributed by atoms with E-state index in [-0.39, 0.29) is 11.7 Å². The molecule has 2 heterocycles. The zero-order chi connectivity index (χ0) is 23.4. The highest BCUT2D eigenvalue weighted by Crippen LogP contribution is 2.32. The number of nitrogens with one attached hydrogen (secondary N) is 1. The molecule has 0 aliphatic heterocycles. The minimum absolute atomic E-state index is 0.137. The number of benzene rings is 2. The molecule has 0 aliphatic carbocycles. The highest BCUT2D eigenvalue weighted by atomic mass is 32.2. The number of amides is 1. The van der Waals surface area contributed by atoms with Crippen molar-refractivity contribution in [2.24, 2.45) is 7.05 Å². The summed E-state index contributed by atoms with van der Waals surface area (Å²) in [5, 5.41) is 17.1. The van der Waals surface area contributed by atoms with Gasteiger partial charge in [0.25, 0.3) is 0 Å². The molecule has 0 saturated carbocycles. The summed E-state index contributed by atoms with van der Waals surface area (Å²) in [6, 6.07) is 15.7. The SMILES string of the molecule is CCn1c(SCC(=O)Nc2cc(C)ccc2OC)nnc1-c1cn(C)nc1-c1ccccc1. The molecule has 1 amide bonds. The Morgan fingerprint density at radius 3 is 2.67 bits per heavy atom. The molecule has 1 N–H and O–H groups in total. The Kier molecular flexibility index (Phi) is 6.79. The molecule has 2 aromatic carbocycles. The van der Waals surface area contributed by atoms with Crippen molar-refractivity contribution in [2.45, 2.75) is 25.5 Å². The fourth-order valence-corrected chi connectivity index (χ4v) is 4.38. The van der Waals surface area contributed by atoms with E-state index in [0.717, 1.165) is 28.2 Å². The van der Waals surface area contributed by atoms with Gasteiger partial charge in [-0.25, -0.2) is 0 Å². The first-order valence-electron chi connectivity index (χ1n) is 10.6. The number of rotatable bonds is 8. The zero-order valence-electron chi connectivity index (χ0n) is 19.1. The smallest absolute Gasteiger partial charge is 0.234 e. The van der Waals surface area contributed by atoms with Crippen LogP contribution in [0.4, 0.5) is 5.69 Å². The first-order valence-corrected chi connectivity index (χ1v) is 11.6. The van der Waals surface area contributed by atoms with Gasteiger partial charge in [-0.1, -0.05) is 48.2 Å². The Balaban J connectivity index is 1.54. The quantitative estimate of drug-likeness (QED) is 0.390. The molecule has 4 aromatic rings. The standard InChI is InChI=1S/C24H26N6O2S/c1-5-30-23(18-14-29(3)28-22(18)17-9-7-6-8-10-17)26-27-24(30)33-15-21(31)25-19-13-16(2)11-12-20(19)32-4/h6-14H,5,15H2,1-4H3,(H,25,31). The van der Waals surface area contributed by atoms with Crippen LogP contribution < -0.4 is 10.1 Å². The second-order valence-electron chi connectivity index (χ2n) is 7.52. The Labute approximate surface area is 197 Å². The average Bonchev–Trinajstić information content (AvgIpc) is 3.41. The van der Waals surface area contributed by atoms with Crippen LogP contribution in [0, 0.1) is 6.92 Å². The molecular formula is C24H26N6O2S. The molecule has 0 aliphatic rings. The van der Waals surface area contributed by atoms with Crippen LogP contribution in [-0.2, 0) is 18.4 Å². The third-order valence-corrected chi connectivity index (χ3v) is 6.08. The number of hydrogen-bond donors (Lipinski definition) is 1. The number of anilines is 1. The van der Waals surface area contributed by atoms with Gasteiger partial charge in [0.1, 0.15) is 11.4 Å². The second kappa shape index (κ2) is 9.91. The van der Waals surface area contributed by atoms with E-state index in [0.29, 0.717) is 23.1 Å². The largest absolute Gasteiger partial charge is 0.495 e. The van der Waals surface area contributed by atoms with Crippen LogP contribution >= 0.6 is 11.8 Å². The number of nitrogens with zero attached hydrogens (tertiary/aromatic N) is 5. The van der Waals surface area contributed by atoms with Crippen molar-refractivity contribution in [1.29, 1.82) is 0 Å². The Hall–Kier alpha value is -3.59. The molecule has 2 aromatic heterocycles.